The van der Waals surface area contributed by atoms with E-state index >= 15 is 0 Å². The molecule has 0 saturated carbocycles. The van der Waals surface area contributed by atoms with Crippen LogP contribution in [0.2, 0.25) is 0 Å². The van der Waals surface area contributed by atoms with Crippen molar-refractivity contribution in [2.75, 3.05) is 0 Å². The number of allylic oxidation sites excluding steroid dienone is 1. The molecule has 1 aromatic rings. The van der Waals surface area contributed by atoms with Crippen LogP contribution in [-0.4, -0.2) is 25.9 Å². The van der Waals surface area contributed by atoms with Gasteiger partial charge in [0.2, 0.25) is 0 Å². The fourth-order valence-corrected chi connectivity index (χ4v) is 3.29. The van der Waals surface area contributed by atoms with E-state index in [2.05, 4.69) is 0 Å². The largest absolute Gasteiger partial charge is 0.295 e. The van der Waals surface area contributed by atoms with Gasteiger partial charge < -0.3 is 0 Å². The van der Waals surface area contributed by atoms with Gasteiger partial charge in [-0.15, -0.1) is 0 Å². The standard InChI is InChI=1S/C10H9O6S2/c11-17(12,13)9-5-1-3-7-8(9)4-2-6-10(7)18(14,15)16/h1-5H,6H2,(H,11,12,13)(H,14,15,16). The van der Waals surface area contributed by atoms with E-state index in [4.69, 9.17) is 9.11 Å². The first kappa shape index (κ1) is 13.2. The highest BCUT2D eigenvalue weighted by molar-refractivity contribution is 7.89. The Morgan fingerprint density at radius 1 is 1.00 bits per heavy atom. The lowest BCUT2D eigenvalue weighted by molar-refractivity contribution is 0.479. The maximum Gasteiger partial charge on any atom is 0.295 e. The van der Waals surface area contributed by atoms with Gasteiger partial charge in [-0.1, -0.05) is 24.3 Å². The molecule has 6 nitrogen and oxygen atoms in total. The topological polar surface area (TPSA) is 109 Å². The van der Waals surface area contributed by atoms with Crippen molar-refractivity contribution in [2.24, 2.45) is 0 Å². The average Bonchev–Trinajstić information content (AvgIpc) is 2.24. The molecule has 97 valence electrons. The molecule has 0 unspecified atom stereocenters. The normalized spacial score (nSPS) is 16.6. The molecule has 1 aromatic carbocycles. The molecule has 0 fully saturated rings. The van der Waals surface area contributed by atoms with E-state index in [-0.39, 0.29) is 22.8 Å². The lowest BCUT2D eigenvalue weighted by Crippen LogP contribution is -2.17. The van der Waals surface area contributed by atoms with Gasteiger partial charge >= 0.3 is 0 Å². The van der Waals surface area contributed by atoms with Gasteiger partial charge in [-0.25, -0.2) is 0 Å². The van der Waals surface area contributed by atoms with Gasteiger partial charge in [0.25, 0.3) is 20.2 Å². The second-order valence-corrected chi connectivity index (χ2v) is 6.53. The average molecular weight is 289 g/mol. The summed E-state index contributed by atoms with van der Waals surface area (Å²) in [7, 11) is -8.87. The summed E-state index contributed by atoms with van der Waals surface area (Å²) in [6.07, 6.45) is 2.77. The Bertz CT molecular complexity index is 715. The molecule has 0 saturated heterocycles. The van der Waals surface area contributed by atoms with Gasteiger partial charge in [0, 0.05) is 5.56 Å². The highest BCUT2D eigenvalue weighted by Gasteiger charge is 2.31. The molecule has 0 heterocycles. The van der Waals surface area contributed by atoms with E-state index in [1.54, 1.807) is 0 Å². The minimum atomic E-state index is -4.45. The minimum Gasteiger partial charge on any atom is -0.285 e. The molecule has 8 heteroatoms. The Morgan fingerprint density at radius 2 is 1.67 bits per heavy atom. The van der Waals surface area contributed by atoms with Crippen molar-refractivity contribution in [1.82, 2.24) is 0 Å². The zero-order valence-corrected chi connectivity index (χ0v) is 10.6. The first-order chi connectivity index (χ1) is 8.21. The van der Waals surface area contributed by atoms with Crippen LogP contribution in [0.15, 0.2) is 29.2 Å². The maximum absolute atomic E-state index is 11.2. The molecule has 1 aliphatic carbocycles. The highest BCUT2D eigenvalue weighted by atomic mass is 32.2. The lowest BCUT2D eigenvalue weighted by Gasteiger charge is -2.19. The van der Waals surface area contributed by atoms with E-state index in [1.165, 1.54) is 24.3 Å². The van der Waals surface area contributed by atoms with E-state index in [0.29, 0.717) is 0 Å². The Kier molecular flexibility index (Phi) is 3.06. The molecule has 18 heavy (non-hydrogen) atoms. The Hall–Kier alpha value is -1.22. The maximum atomic E-state index is 11.2. The van der Waals surface area contributed by atoms with Gasteiger partial charge in [0.15, 0.2) is 5.25 Å². The molecule has 2 rings (SSSR count). The molecule has 0 aromatic heterocycles. The fraction of sp³-hybridized carbons (Fsp3) is 0.100. The van der Waals surface area contributed by atoms with Crippen molar-refractivity contribution < 1.29 is 25.9 Å². The quantitative estimate of drug-likeness (QED) is 0.790. The van der Waals surface area contributed by atoms with Gasteiger partial charge in [-0.05, 0) is 18.1 Å². The number of benzene rings is 1. The zero-order valence-electron chi connectivity index (χ0n) is 8.94. The smallest absolute Gasteiger partial charge is 0.285 e. The van der Waals surface area contributed by atoms with Crippen molar-refractivity contribution in [3.8, 4) is 0 Å². The summed E-state index contributed by atoms with van der Waals surface area (Å²) in [6.45, 7) is 0. The number of rotatable bonds is 2. The van der Waals surface area contributed by atoms with Crippen LogP contribution in [0, 0.1) is 5.25 Å². The van der Waals surface area contributed by atoms with E-state index in [9.17, 15) is 16.8 Å². The van der Waals surface area contributed by atoms with Gasteiger partial charge in [-0.2, -0.15) is 16.8 Å². The Labute approximate surface area is 104 Å². The summed E-state index contributed by atoms with van der Waals surface area (Å²) in [5, 5.41) is -0.287. The molecular weight excluding hydrogens is 280 g/mol. The fourth-order valence-electron chi connectivity index (χ4n) is 1.82. The molecule has 1 radical (unpaired) electrons. The van der Waals surface area contributed by atoms with Crippen LogP contribution in [0.3, 0.4) is 0 Å². The van der Waals surface area contributed by atoms with Crippen molar-refractivity contribution in [3.63, 3.8) is 0 Å². The van der Waals surface area contributed by atoms with Crippen molar-refractivity contribution in [1.29, 1.82) is 0 Å². The van der Waals surface area contributed by atoms with Crippen molar-refractivity contribution >= 4 is 26.3 Å². The van der Waals surface area contributed by atoms with Crippen LogP contribution in [0.25, 0.3) is 6.08 Å². The molecule has 1 aliphatic rings. The van der Waals surface area contributed by atoms with Crippen LogP contribution < -0.4 is 0 Å². The number of hydrogen-bond acceptors (Lipinski definition) is 4. The predicted octanol–water partition coefficient (Wildman–Crippen LogP) is 1.12. The zero-order chi connectivity index (χ0) is 13.6. The number of fused-ring (bicyclic) bond motifs is 1. The van der Waals surface area contributed by atoms with Crippen molar-refractivity contribution in [3.05, 3.63) is 40.7 Å². The summed E-state index contributed by atoms with van der Waals surface area (Å²) in [6, 6.07) is 3.83. The van der Waals surface area contributed by atoms with Crippen molar-refractivity contribution in [2.45, 2.75) is 11.3 Å². The molecule has 0 atom stereocenters. The molecule has 0 aliphatic heterocycles. The van der Waals surface area contributed by atoms with Crippen LogP contribution in [0.5, 0.6) is 0 Å². The number of hydrogen-bond donors (Lipinski definition) is 2. The third-order valence-corrected chi connectivity index (χ3v) is 4.46. The third kappa shape index (κ3) is 2.32. The Morgan fingerprint density at radius 3 is 2.22 bits per heavy atom. The molecular formula is C10H9O6S2. The lowest BCUT2D eigenvalue weighted by atomic mass is 9.97. The van der Waals surface area contributed by atoms with E-state index in [1.807, 2.05) is 0 Å². The summed E-state index contributed by atoms with van der Waals surface area (Å²) >= 11 is 0. The van der Waals surface area contributed by atoms with E-state index in [0.717, 1.165) is 6.07 Å². The molecule has 0 spiro atoms. The second-order valence-electron chi connectivity index (χ2n) is 3.70. The Balaban J connectivity index is 2.74. The first-order valence-corrected chi connectivity index (χ1v) is 7.70. The minimum absolute atomic E-state index is 0.0270. The summed E-state index contributed by atoms with van der Waals surface area (Å²) in [5.74, 6) is 0. The summed E-state index contributed by atoms with van der Waals surface area (Å²) < 4.78 is 62.8. The van der Waals surface area contributed by atoms with Gasteiger partial charge in [0.05, 0.1) is 0 Å². The van der Waals surface area contributed by atoms with Crippen LogP contribution in [-0.2, 0) is 20.2 Å². The van der Waals surface area contributed by atoms with Gasteiger partial charge in [0.1, 0.15) is 4.90 Å². The first-order valence-electron chi connectivity index (χ1n) is 4.82. The second kappa shape index (κ2) is 4.16. The van der Waals surface area contributed by atoms with Crippen LogP contribution >= 0.6 is 0 Å². The highest BCUT2D eigenvalue weighted by Crippen LogP contribution is 2.35. The SMILES string of the molecule is O=S(=O)(O)[C]1CC=Cc2c1cccc2S(=O)(=O)O. The predicted molar refractivity (Wildman–Crippen MR) is 63.8 cm³/mol. The monoisotopic (exact) mass is 289 g/mol. The third-order valence-electron chi connectivity index (χ3n) is 2.54. The summed E-state index contributed by atoms with van der Waals surface area (Å²) in [4.78, 5) is -0.392. The van der Waals surface area contributed by atoms with Crippen LogP contribution in [0.4, 0.5) is 0 Å². The van der Waals surface area contributed by atoms with E-state index < -0.39 is 25.1 Å². The molecule has 2 N–H and O–H groups in total. The van der Waals surface area contributed by atoms with Gasteiger partial charge in [-0.3, -0.25) is 9.11 Å². The summed E-state index contributed by atoms with van der Waals surface area (Å²) in [5.41, 5.74) is 0.133. The van der Waals surface area contributed by atoms with Crippen LogP contribution in [0.1, 0.15) is 17.5 Å². The molecule has 0 bridgehead atoms. The molecule has 0 amide bonds.